The van der Waals surface area contributed by atoms with Crippen LogP contribution in [0.25, 0.3) is 11.3 Å². The van der Waals surface area contributed by atoms with Crippen LogP contribution in [0.15, 0.2) is 35.1 Å². The molecule has 2 heterocycles. The van der Waals surface area contributed by atoms with E-state index in [1.807, 2.05) is 18.2 Å². The van der Waals surface area contributed by atoms with Crippen LogP contribution >= 0.6 is 12.4 Å². The second-order valence-corrected chi connectivity index (χ2v) is 8.93. The maximum Gasteiger partial charge on any atom is 0.350 e. The Hall–Kier alpha value is -2.99. The van der Waals surface area contributed by atoms with Gasteiger partial charge in [0, 0.05) is 29.3 Å². The topological polar surface area (TPSA) is 65.4 Å². The Labute approximate surface area is 195 Å². The highest BCUT2D eigenvalue weighted by atomic mass is 35.5. The van der Waals surface area contributed by atoms with E-state index in [4.69, 9.17) is 9.47 Å². The lowest BCUT2D eigenvalue weighted by molar-refractivity contribution is 0.350. The highest BCUT2D eigenvalue weighted by Gasteiger charge is 2.33. The molecule has 32 heavy (non-hydrogen) atoms. The minimum absolute atomic E-state index is 0. The number of fused-ring (bicyclic) bond motifs is 3. The SMILES string of the molecule is COc1cc2c(cc1OC)C(C)(C)Cn1c-2cc(Nc2c(C)cc(C)cc2C)nc1=O.Cl. The van der Waals surface area contributed by atoms with E-state index < -0.39 is 0 Å². The van der Waals surface area contributed by atoms with Crippen molar-refractivity contribution in [2.24, 2.45) is 0 Å². The first-order valence-corrected chi connectivity index (χ1v) is 10.4. The van der Waals surface area contributed by atoms with Crippen molar-refractivity contribution in [3.05, 3.63) is 63.1 Å². The fourth-order valence-corrected chi connectivity index (χ4v) is 4.58. The number of nitrogens with zero attached hydrogens (tertiary/aromatic N) is 2. The second kappa shape index (κ2) is 8.51. The zero-order valence-electron chi connectivity index (χ0n) is 19.6. The minimum atomic E-state index is -0.268. The molecule has 0 saturated carbocycles. The fourth-order valence-electron chi connectivity index (χ4n) is 4.58. The zero-order valence-corrected chi connectivity index (χ0v) is 20.4. The molecule has 1 aromatic heterocycles. The van der Waals surface area contributed by atoms with E-state index in [9.17, 15) is 4.79 Å². The molecule has 0 aliphatic carbocycles. The van der Waals surface area contributed by atoms with Crippen LogP contribution in [0.2, 0.25) is 0 Å². The molecular formula is C25H30ClN3O3. The van der Waals surface area contributed by atoms with Crippen LogP contribution in [-0.4, -0.2) is 23.8 Å². The summed E-state index contributed by atoms with van der Waals surface area (Å²) < 4.78 is 12.8. The number of aryl methyl sites for hydroxylation is 3. The summed E-state index contributed by atoms with van der Waals surface area (Å²) in [6.07, 6.45) is 0. The molecule has 7 heteroatoms. The number of hydrogen-bond acceptors (Lipinski definition) is 5. The summed E-state index contributed by atoms with van der Waals surface area (Å²) >= 11 is 0. The third kappa shape index (κ3) is 3.95. The Balaban J connectivity index is 0.00000289. The Bertz CT molecular complexity index is 1220. The smallest absolute Gasteiger partial charge is 0.350 e. The Morgan fingerprint density at radius 3 is 2.16 bits per heavy atom. The second-order valence-electron chi connectivity index (χ2n) is 8.93. The van der Waals surface area contributed by atoms with E-state index >= 15 is 0 Å². The third-order valence-electron chi connectivity index (χ3n) is 6.02. The van der Waals surface area contributed by atoms with Crippen molar-refractivity contribution < 1.29 is 9.47 Å². The quantitative estimate of drug-likeness (QED) is 0.577. The van der Waals surface area contributed by atoms with E-state index in [1.165, 1.54) is 5.56 Å². The number of hydrogen-bond donors (Lipinski definition) is 1. The van der Waals surface area contributed by atoms with E-state index in [2.05, 4.69) is 57.1 Å². The van der Waals surface area contributed by atoms with Crippen molar-refractivity contribution in [1.82, 2.24) is 9.55 Å². The Morgan fingerprint density at radius 1 is 0.969 bits per heavy atom. The Morgan fingerprint density at radius 2 is 1.56 bits per heavy atom. The van der Waals surface area contributed by atoms with Gasteiger partial charge in [-0.3, -0.25) is 4.57 Å². The molecule has 0 spiro atoms. The van der Waals surface area contributed by atoms with Crippen LogP contribution in [0, 0.1) is 20.8 Å². The van der Waals surface area contributed by atoms with Crippen molar-refractivity contribution in [3.8, 4) is 22.8 Å². The summed E-state index contributed by atoms with van der Waals surface area (Å²) in [6, 6.07) is 10.2. The van der Waals surface area contributed by atoms with Crippen molar-refractivity contribution >= 4 is 23.9 Å². The van der Waals surface area contributed by atoms with E-state index in [1.54, 1.807) is 18.8 Å². The van der Waals surface area contributed by atoms with Gasteiger partial charge in [-0.05, 0) is 49.6 Å². The molecule has 6 nitrogen and oxygen atoms in total. The first-order valence-electron chi connectivity index (χ1n) is 10.4. The van der Waals surface area contributed by atoms with Crippen molar-refractivity contribution in [3.63, 3.8) is 0 Å². The summed E-state index contributed by atoms with van der Waals surface area (Å²) in [5.74, 6) is 1.85. The van der Waals surface area contributed by atoms with Crippen molar-refractivity contribution in [2.75, 3.05) is 19.5 Å². The summed E-state index contributed by atoms with van der Waals surface area (Å²) in [5.41, 5.74) is 6.78. The molecule has 1 aliphatic heterocycles. The van der Waals surface area contributed by atoms with Crippen LogP contribution in [-0.2, 0) is 12.0 Å². The van der Waals surface area contributed by atoms with Gasteiger partial charge in [0.25, 0.3) is 0 Å². The number of nitrogens with one attached hydrogen (secondary N) is 1. The number of aromatic nitrogens is 2. The molecule has 170 valence electrons. The molecule has 0 atom stereocenters. The molecule has 3 aromatic rings. The van der Waals surface area contributed by atoms with Gasteiger partial charge in [0.2, 0.25) is 0 Å². The lowest BCUT2D eigenvalue weighted by Gasteiger charge is -2.35. The van der Waals surface area contributed by atoms with Gasteiger partial charge < -0.3 is 14.8 Å². The third-order valence-corrected chi connectivity index (χ3v) is 6.02. The molecule has 1 aliphatic rings. The molecule has 1 N–H and O–H groups in total. The molecule has 0 bridgehead atoms. The van der Waals surface area contributed by atoms with Gasteiger partial charge in [0.1, 0.15) is 5.82 Å². The van der Waals surface area contributed by atoms with Crippen molar-refractivity contribution in [2.45, 2.75) is 46.6 Å². The molecule has 0 unspecified atom stereocenters. The van der Waals surface area contributed by atoms with E-state index in [0.29, 0.717) is 23.9 Å². The predicted molar refractivity (Wildman–Crippen MR) is 131 cm³/mol. The minimum Gasteiger partial charge on any atom is -0.493 e. The highest BCUT2D eigenvalue weighted by molar-refractivity contribution is 5.85. The summed E-state index contributed by atoms with van der Waals surface area (Å²) in [6.45, 7) is 11.0. The number of halogens is 1. The first kappa shape index (κ1) is 23.7. The van der Waals surface area contributed by atoms with E-state index in [-0.39, 0.29) is 23.5 Å². The van der Waals surface area contributed by atoms with Gasteiger partial charge in [-0.25, -0.2) is 4.79 Å². The van der Waals surface area contributed by atoms with Gasteiger partial charge in [-0.1, -0.05) is 31.5 Å². The van der Waals surface area contributed by atoms with Gasteiger partial charge in [-0.2, -0.15) is 4.98 Å². The zero-order chi connectivity index (χ0) is 22.5. The summed E-state index contributed by atoms with van der Waals surface area (Å²) in [4.78, 5) is 17.4. The van der Waals surface area contributed by atoms with Crippen molar-refractivity contribution in [1.29, 1.82) is 0 Å². The van der Waals surface area contributed by atoms with Crippen LogP contribution in [0.5, 0.6) is 11.5 Å². The van der Waals surface area contributed by atoms with Crippen LogP contribution in [0.4, 0.5) is 11.5 Å². The number of benzene rings is 2. The molecule has 0 fully saturated rings. The molecule has 0 radical (unpaired) electrons. The largest absolute Gasteiger partial charge is 0.493 e. The van der Waals surface area contributed by atoms with Crippen LogP contribution in [0.1, 0.15) is 36.1 Å². The lowest BCUT2D eigenvalue weighted by atomic mass is 9.78. The standard InChI is InChI=1S/C25H29N3O3.ClH/c1-14-8-15(2)23(16(3)9-14)26-22-12-19-17-10-20(30-6)21(31-7)11-18(17)25(4,5)13-28(19)24(29)27-22;/h8-12H,13H2,1-7H3,(H,26,27,29);1H. The number of methoxy groups -OCH3 is 2. The predicted octanol–water partition coefficient (Wildman–Crippen LogP) is 5.31. The normalized spacial score (nSPS) is 13.5. The summed E-state index contributed by atoms with van der Waals surface area (Å²) in [5, 5.41) is 3.38. The maximum atomic E-state index is 13.0. The highest BCUT2D eigenvalue weighted by Crippen LogP contribution is 2.44. The molecule has 0 amide bonds. The number of anilines is 2. The monoisotopic (exact) mass is 455 g/mol. The van der Waals surface area contributed by atoms with Crippen LogP contribution in [0.3, 0.4) is 0 Å². The molecule has 2 aromatic carbocycles. The first-order chi connectivity index (χ1) is 14.6. The summed E-state index contributed by atoms with van der Waals surface area (Å²) in [7, 11) is 3.25. The molecular weight excluding hydrogens is 426 g/mol. The molecule has 0 saturated heterocycles. The Kier molecular flexibility index (Phi) is 6.29. The average molecular weight is 456 g/mol. The van der Waals surface area contributed by atoms with Gasteiger partial charge >= 0.3 is 5.69 Å². The van der Waals surface area contributed by atoms with Gasteiger partial charge in [-0.15, -0.1) is 12.4 Å². The van der Waals surface area contributed by atoms with Gasteiger partial charge in [0.15, 0.2) is 11.5 Å². The number of ether oxygens (including phenoxy) is 2. The molecule has 4 rings (SSSR count). The maximum absolute atomic E-state index is 13.0. The number of rotatable bonds is 4. The average Bonchev–Trinajstić information content (AvgIpc) is 2.70. The lowest BCUT2D eigenvalue weighted by Crippen LogP contribution is -2.37. The van der Waals surface area contributed by atoms with E-state index in [0.717, 1.165) is 33.6 Å². The fraction of sp³-hybridized carbons (Fsp3) is 0.360. The van der Waals surface area contributed by atoms with Gasteiger partial charge in [0.05, 0.1) is 19.9 Å². The van der Waals surface area contributed by atoms with Crippen LogP contribution < -0.4 is 20.5 Å².